The molecule has 43 heavy (non-hydrogen) atoms. The molecule has 0 heterocycles. The zero-order valence-electron chi connectivity index (χ0n) is 27.8. The summed E-state index contributed by atoms with van der Waals surface area (Å²) in [5.74, 6) is 1.07. The summed E-state index contributed by atoms with van der Waals surface area (Å²) in [4.78, 5) is 0. The maximum absolute atomic E-state index is 14.4. The van der Waals surface area contributed by atoms with E-state index in [4.69, 9.17) is 0 Å². The molecule has 0 amide bonds. The molecule has 0 aromatic heterocycles. The average Bonchev–Trinajstić information content (AvgIpc) is 2.98. The van der Waals surface area contributed by atoms with Gasteiger partial charge in [0.25, 0.3) is 0 Å². The first kappa shape index (κ1) is 33.3. The first-order valence-electron chi connectivity index (χ1n) is 15.6. The predicted molar refractivity (Wildman–Crippen MR) is 191 cm³/mol. The van der Waals surface area contributed by atoms with Crippen molar-refractivity contribution in [3.8, 4) is 0 Å². The van der Waals surface area contributed by atoms with E-state index in [-0.39, 0.29) is 6.04 Å². The molecular formula is C39H50NOPS. The summed E-state index contributed by atoms with van der Waals surface area (Å²) in [5.41, 5.74) is 6.64. The summed E-state index contributed by atoms with van der Waals surface area (Å²) in [5, 5.41) is 3.95. The Bertz CT molecular complexity index is 1450. The highest BCUT2D eigenvalue weighted by molar-refractivity contribution is 7.84. The van der Waals surface area contributed by atoms with Crippen molar-refractivity contribution in [1.82, 2.24) is 4.31 Å². The highest BCUT2D eigenvalue weighted by Gasteiger charge is 2.36. The minimum absolute atomic E-state index is 0.176. The molecule has 0 fully saturated rings. The van der Waals surface area contributed by atoms with Crippen LogP contribution in [0.4, 0.5) is 0 Å². The third-order valence-corrected chi connectivity index (χ3v) is 12.4. The Kier molecular flexibility index (Phi) is 10.9. The van der Waals surface area contributed by atoms with Crippen molar-refractivity contribution in [1.29, 1.82) is 0 Å². The predicted octanol–water partition coefficient (Wildman–Crippen LogP) is 9.30. The molecule has 4 aromatic carbocycles. The van der Waals surface area contributed by atoms with E-state index in [9.17, 15) is 4.21 Å². The van der Waals surface area contributed by atoms with Crippen LogP contribution in [0, 0.1) is 0 Å². The van der Waals surface area contributed by atoms with Gasteiger partial charge in [-0.1, -0.05) is 139 Å². The largest absolute Gasteiger partial charge is 0.242 e. The molecule has 0 N–H and O–H groups in total. The zero-order valence-corrected chi connectivity index (χ0v) is 29.5. The van der Waals surface area contributed by atoms with E-state index in [0.29, 0.717) is 17.8 Å². The Morgan fingerprint density at radius 3 is 1.49 bits per heavy atom. The SMILES string of the molecule is CC(C)c1cc(C(C)C)c([C@H](c2ccccc2P(c2ccccc2)c2ccccc2)N(C)S(=O)C(C)(C)C)c(C(C)C)c1. The maximum atomic E-state index is 14.4. The fourth-order valence-electron chi connectivity index (χ4n) is 5.89. The fourth-order valence-corrected chi connectivity index (χ4v) is 9.65. The molecular weight excluding hydrogens is 561 g/mol. The Hall–Kier alpha value is -2.58. The van der Waals surface area contributed by atoms with Crippen molar-refractivity contribution >= 4 is 34.8 Å². The molecule has 0 bridgehead atoms. The molecule has 4 rings (SSSR count). The third kappa shape index (κ3) is 7.39. The van der Waals surface area contributed by atoms with Gasteiger partial charge in [-0.05, 0) is 90.2 Å². The van der Waals surface area contributed by atoms with Crippen LogP contribution in [-0.4, -0.2) is 20.3 Å². The van der Waals surface area contributed by atoms with Crippen LogP contribution >= 0.6 is 7.92 Å². The average molecular weight is 612 g/mol. The zero-order chi connectivity index (χ0) is 31.5. The molecule has 1 unspecified atom stereocenters. The van der Waals surface area contributed by atoms with Gasteiger partial charge in [-0.3, -0.25) is 0 Å². The van der Waals surface area contributed by atoms with Crippen LogP contribution < -0.4 is 15.9 Å². The van der Waals surface area contributed by atoms with Gasteiger partial charge in [0, 0.05) is 7.05 Å². The standard InChI is InChI=1S/C39H50NOPS/c1-27(2)30-25-34(28(3)4)37(35(26-30)29(5)6)38(40(10)43(41)39(7,8)9)33-23-17-18-24-36(33)42(31-19-13-11-14-20-31)32-21-15-12-16-22-32/h11-29,38H,1-10H3/t38-,43?/m0/s1. The van der Waals surface area contributed by atoms with Crippen LogP contribution in [0.3, 0.4) is 0 Å². The molecule has 4 heteroatoms. The van der Waals surface area contributed by atoms with Gasteiger partial charge < -0.3 is 0 Å². The highest BCUT2D eigenvalue weighted by atomic mass is 32.2. The minimum atomic E-state index is -1.24. The van der Waals surface area contributed by atoms with Crippen molar-refractivity contribution in [2.24, 2.45) is 0 Å². The number of nitrogens with zero attached hydrogens (tertiary/aromatic N) is 1. The maximum Gasteiger partial charge on any atom is 0.100 e. The van der Waals surface area contributed by atoms with E-state index in [2.05, 4.69) is 171 Å². The second-order valence-corrected chi connectivity index (χ2v) is 17.9. The molecule has 0 aliphatic heterocycles. The summed E-state index contributed by atoms with van der Waals surface area (Å²) in [6, 6.07) is 35.4. The molecule has 0 spiro atoms. The van der Waals surface area contributed by atoms with Crippen LogP contribution in [0.1, 0.15) is 114 Å². The van der Waals surface area contributed by atoms with Crippen LogP contribution in [0.15, 0.2) is 97.1 Å². The Morgan fingerprint density at radius 1 is 0.628 bits per heavy atom. The number of hydrogen-bond acceptors (Lipinski definition) is 1. The van der Waals surface area contributed by atoms with Crippen molar-refractivity contribution in [2.75, 3.05) is 7.05 Å². The van der Waals surface area contributed by atoms with Crippen molar-refractivity contribution < 1.29 is 4.21 Å². The summed E-state index contributed by atoms with van der Waals surface area (Å²) in [7, 11) is -0.0239. The van der Waals surface area contributed by atoms with Gasteiger partial charge in [0.05, 0.1) is 10.8 Å². The highest BCUT2D eigenvalue weighted by Crippen LogP contribution is 2.44. The quantitative estimate of drug-likeness (QED) is 0.164. The van der Waals surface area contributed by atoms with Gasteiger partial charge in [0.15, 0.2) is 0 Å². The van der Waals surface area contributed by atoms with E-state index in [1.54, 1.807) is 0 Å². The minimum Gasteiger partial charge on any atom is -0.242 e. The molecule has 2 nitrogen and oxygen atoms in total. The molecule has 0 saturated carbocycles. The third-order valence-electron chi connectivity index (χ3n) is 8.10. The summed E-state index contributed by atoms with van der Waals surface area (Å²) in [6.45, 7) is 20.0. The van der Waals surface area contributed by atoms with E-state index in [1.165, 1.54) is 43.7 Å². The van der Waals surface area contributed by atoms with Gasteiger partial charge in [0.2, 0.25) is 0 Å². The number of rotatable bonds is 10. The number of hydrogen-bond donors (Lipinski definition) is 0. The fraction of sp³-hybridized carbons (Fsp3) is 0.385. The molecule has 2 atom stereocenters. The van der Waals surface area contributed by atoms with E-state index < -0.39 is 23.7 Å². The number of benzene rings is 4. The second-order valence-electron chi connectivity index (χ2n) is 13.5. The molecule has 228 valence electrons. The lowest BCUT2D eigenvalue weighted by molar-refractivity contribution is 0.434. The lowest BCUT2D eigenvalue weighted by atomic mass is 9.80. The molecule has 0 aliphatic rings. The summed E-state index contributed by atoms with van der Waals surface area (Å²) in [6.07, 6.45) is 0. The van der Waals surface area contributed by atoms with Crippen molar-refractivity contribution in [2.45, 2.75) is 90.9 Å². The van der Waals surface area contributed by atoms with Crippen LogP contribution in [0.5, 0.6) is 0 Å². The first-order valence-corrected chi connectivity index (χ1v) is 18.1. The Morgan fingerprint density at radius 2 is 1.07 bits per heavy atom. The van der Waals surface area contributed by atoms with Gasteiger partial charge in [-0.15, -0.1) is 0 Å². The topological polar surface area (TPSA) is 20.3 Å². The molecule has 0 aliphatic carbocycles. The first-order chi connectivity index (χ1) is 20.3. The molecule has 4 aromatic rings. The molecule has 0 radical (unpaired) electrons. The Balaban J connectivity index is 2.12. The van der Waals surface area contributed by atoms with Crippen molar-refractivity contribution in [3.63, 3.8) is 0 Å². The van der Waals surface area contributed by atoms with Gasteiger partial charge in [-0.25, -0.2) is 8.51 Å². The molecule has 0 saturated heterocycles. The van der Waals surface area contributed by atoms with Crippen LogP contribution in [0.25, 0.3) is 0 Å². The monoisotopic (exact) mass is 611 g/mol. The second kappa shape index (κ2) is 14.0. The Labute approximate surface area is 265 Å². The van der Waals surface area contributed by atoms with Gasteiger partial charge >= 0.3 is 0 Å². The summed E-state index contributed by atoms with van der Waals surface area (Å²) < 4.78 is 16.1. The van der Waals surface area contributed by atoms with Gasteiger partial charge in [0.1, 0.15) is 11.0 Å². The van der Waals surface area contributed by atoms with E-state index in [1.807, 2.05) is 0 Å². The van der Waals surface area contributed by atoms with Crippen LogP contribution in [-0.2, 0) is 11.0 Å². The lowest BCUT2D eigenvalue weighted by Gasteiger charge is -2.38. The normalized spacial score (nSPS) is 13.8. The smallest absolute Gasteiger partial charge is 0.100 e. The van der Waals surface area contributed by atoms with E-state index in [0.717, 1.165) is 0 Å². The van der Waals surface area contributed by atoms with E-state index >= 15 is 0 Å². The van der Waals surface area contributed by atoms with Crippen LogP contribution in [0.2, 0.25) is 0 Å². The van der Waals surface area contributed by atoms with Gasteiger partial charge in [-0.2, -0.15) is 0 Å². The lowest BCUT2D eigenvalue weighted by Crippen LogP contribution is -2.40. The summed E-state index contributed by atoms with van der Waals surface area (Å²) >= 11 is 0. The van der Waals surface area contributed by atoms with Crippen molar-refractivity contribution in [3.05, 3.63) is 125 Å².